The molecule has 2 rings (SSSR count). The van der Waals surface area contributed by atoms with Crippen molar-refractivity contribution in [3.8, 4) is 5.75 Å². The van der Waals surface area contributed by atoms with E-state index in [0.29, 0.717) is 6.04 Å². The molecule has 0 radical (unpaired) electrons. The van der Waals surface area contributed by atoms with E-state index in [1.807, 2.05) is 31.2 Å². The molecule has 1 amide bonds. The predicted octanol–water partition coefficient (Wildman–Crippen LogP) is 2.82. The minimum atomic E-state index is -0.438. The third-order valence-corrected chi connectivity index (χ3v) is 3.37. The fourth-order valence-electron chi connectivity index (χ4n) is 2.33. The first-order chi connectivity index (χ1) is 8.65. The van der Waals surface area contributed by atoms with Crippen LogP contribution in [0.15, 0.2) is 24.3 Å². The van der Waals surface area contributed by atoms with E-state index >= 15 is 0 Å². The van der Waals surface area contributed by atoms with Crippen LogP contribution < -0.4 is 10.1 Å². The van der Waals surface area contributed by atoms with Crippen LogP contribution in [0.5, 0.6) is 5.75 Å². The molecular weight excluding hydrogens is 226 g/mol. The fraction of sp³-hybridized carbons (Fsp3) is 0.533. The number of aryl methyl sites for hydroxylation is 1. The molecule has 3 nitrogen and oxygen atoms in total. The van der Waals surface area contributed by atoms with E-state index in [0.717, 1.165) is 24.2 Å². The molecule has 1 aliphatic carbocycles. The standard InChI is InChI=1S/C15H21NO2/c1-11-6-5-9-14(10-11)18-12(2)15(17)16-13-7-3-4-8-13/h5-6,9-10,12-13H,3-4,7-8H2,1-2H3,(H,16,17). The van der Waals surface area contributed by atoms with Crippen molar-refractivity contribution >= 4 is 5.91 Å². The Hall–Kier alpha value is -1.51. The summed E-state index contributed by atoms with van der Waals surface area (Å²) in [6.07, 6.45) is 4.20. The molecule has 1 atom stereocenters. The first kappa shape index (κ1) is 12.9. The van der Waals surface area contributed by atoms with Crippen molar-refractivity contribution in [2.75, 3.05) is 0 Å². The van der Waals surface area contributed by atoms with Crippen molar-refractivity contribution in [2.45, 2.75) is 51.7 Å². The third kappa shape index (κ3) is 3.49. The van der Waals surface area contributed by atoms with Crippen molar-refractivity contribution in [3.63, 3.8) is 0 Å². The van der Waals surface area contributed by atoms with Gasteiger partial charge in [-0.15, -0.1) is 0 Å². The average Bonchev–Trinajstić information content (AvgIpc) is 2.81. The van der Waals surface area contributed by atoms with E-state index in [9.17, 15) is 4.79 Å². The first-order valence-electron chi connectivity index (χ1n) is 6.69. The lowest BCUT2D eigenvalue weighted by Gasteiger charge is -2.18. The number of carbonyl (C=O) groups excluding carboxylic acids is 1. The number of carbonyl (C=O) groups is 1. The van der Waals surface area contributed by atoms with E-state index < -0.39 is 6.10 Å². The zero-order chi connectivity index (χ0) is 13.0. The second kappa shape index (κ2) is 5.89. The molecule has 0 bridgehead atoms. The number of hydrogen-bond donors (Lipinski definition) is 1. The molecule has 0 aromatic heterocycles. The van der Waals surface area contributed by atoms with Crippen LogP contribution in [0.4, 0.5) is 0 Å². The fourth-order valence-corrected chi connectivity index (χ4v) is 2.33. The number of hydrogen-bond acceptors (Lipinski definition) is 2. The van der Waals surface area contributed by atoms with Gasteiger partial charge in [-0.1, -0.05) is 25.0 Å². The highest BCUT2D eigenvalue weighted by Gasteiger charge is 2.21. The molecule has 0 spiro atoms. The van der Waals surface area contributed by atoms with E-state index in [4.69, 9.17) is 4.74 Å². The molecule has 1 N–H and O–H groups in total. The van der Waals surface area contributed by atoms with Crippen molar-refractivity contribution < 1.29 is 9.53 Å². The molecule has 1 unspecified atom stereocenters. The van der Waals surface area contributed by atoms with Gasteiger partial charge in [0.05, 0.1) is 0 Å². The second-order valence-corrected chi connectivity index (χ2v) is 5.07. The van der Waals surface area contributed by atoms with Gasteiger partial charge in [-0.25, -0.2) is 0 Å². The van der Waals surface area contributed by atoms with Crippen LogP contribution in [-0.2, 0) is 4.79 Å². The summed E-state index contributed by atoms with van der Waals surface area (Å²) in [6.45, 7) is 3.81. The molecule has 1 aliphatic rings. The molecule has 0 aliphatic heterocycles. The van der Waals surface area contributed by atoms with Gasteiger partial charge in [0.15, 0.2) is 6.10 Å². The van der Waals surface area contributed by atoms with E-state index in [2.05, 4.69) is 5.32 Å². The van der Waals surface area contributed by atoms with Crippen LogP contribution >= 0.6 is 0 Å². The minimum Gasteiger partial charge on any atom is -0.481 e. The summed E-state index contributed by atoms with van der Waals surface area (Å²) < 4.78 is 5.66. The summed E-state index contributed by atoms with van der Waals surface area (Å²) in [5, 5.41) is 3.05. The molecule has 1 saturated carbocycles. The third-order valence-electron chi connectivity index (χ3n) is 3.37. The zero-order valence-corrected chi connectivity index (χ0v) is 11.1. The Labute approximate surface area is 109 Å². The summed E-state index contributed by atoms with van der Waals surface area (Å²) in [5.74, 6) is 0.743. The van der Waals surface area contributed by atoms with Gasteiger partial charge in [-0.3, -0.25) is 4.79 Å². The highest BCUT2D eigenvalue weighted by atomic mass is 16.5. The monoisotopic (exact) mass is 247 g/mol. The van der Waals surface area contributed by atoms with E-state index in [1.165, 1.54) is 12.8 Å². The summed E-state index contributed by atoms with van der Waals surface area (Å²) >= 11 is 0. The summed E-state index contributed by atoms with van der Waals surface area (Å²) in [6, 6.07) is 8.12. The molecular formula is C15H21NO2. The van der Waals surface area contributed by atoms with Crippen LogP contribution in [0.3, 0.4) is 0 Å². The van der Waals surface area contributed by atoms with Gasteiger partial charge in [0, 0.05) is 6.04 Å². The SMILES string of the molecule is Cc1cccc(OC(C)C(=O)NC2CCCC2)c1. The number of nitrogens with one attached hydrogen (secondary N) is 1. The molecule has 1 aromatic carbocycles. The molecule has 0 saturated heterocycles. The lowest BCUT2D eigenvalue weighted by atomic mass is 10.2. The highest BCUT2D eigenvalue weighted by molar-refractivity contribution is 5.81. The predicted molar refractivity (Wildman–Crippen MR) is 71.7 cm³/mol. The summed E-state index contributed by atoms with van der Waals surface area (Å²) in [7, 11) is 0. The largest absolute Gasteiger partial charge is 0.481 e. The number of ether oxygens (including phenoxy) is 1. The zero-order valence-electron chi connectivity index (χ0n) is 11.1. The van der Waals surface area contributed by atoms with Gasteiger partial charge in [0.2, 0.25) is 0 Å². The molecule has 18 heavy (non-hydrogen) atoms. The Kier molecular flexibility index (Phi) is 4.24. The Balaban J connectivity index is 1.86. The Morgan fingerprint density at radius 2 is 2.11 bits per heavy atom. The maximum absolute atomic E-state index is 12.0. The number of rotatable bonds is 4. The number of amides is 1. The Morgan fingerprint density at radius 3 is 2.78 bits per heavy atom. The lowest BCUT2D eigenvalue weighted by Crippen LogP contribution is -2.41. The molecule has 1 aromatic rings. The molecule has 1 fully saturated rings. The van der Waals surface area contributed by atoms with Crippen LogP contribution in [0, 0.1) is 6.92 Å². The van der Waals surface area contributed by atoms with Crippen LogP contribution in [0.2, 0.25) is 0 Å². The number of benzene rings is 1. The van der Waals surface area contributed by atoms with Gasteiger partial charge in [0.25, 0.3) is 5.91 Å². The molecule has 3 heteroatoms. The maximum Gasteiger partial charge on any atom is 0.260 e. The topological polar surface area (TPSA) is 38.3 Å². The van der Waals surface area contributed by atoms with Crippen molar-refractivity contribution in [1.82, 2.24) is 5.32 Å². The van der Waals surface area contributed by atoms with Gasteiger partial charge in [-0.2, -0.15) is 0 Å². The Bertz CT molecular complexity index is 411. The van der Waals surface area contributed by atoms with Crippen molar-refractivity contribution in [2.24, 2.45) is 0 Å². The van der Waals surface area contributed by atoms with Gasteiger partial charge in [0.1, 0.15) is 5.75 Å². The molecule has 98 valence electrons. The molecule has 0 heterocycles. The van der Waals surface area contributed by atoms with Gasteiger partial charge < -0.3 is 10.1 Å². The van der Waals surface area contributed by atoms with Crippen LogP contribution in [0.25, 0.3) is 0 Å². The van der Waals surface area contributed by atoms with Crippen LogP contribution in [-0.4, -0.2) is 18.1 Å². The maximum atomic E-state index is 12.0. The summed E-state index contributed by atoms with van der Waals surface area (Å²) in [4.78, 5) is 12.0. The lowest BCUT2D eigenvalue weighted by molar-refractivity contribution is -0.127. The van der Waals surface area contributed by atoms with Crippen LogP contribution in [0.1, 0.15) is 38.2 Å². The smallest absolute Gasteiger partial charge is 0.260 e. The Morgan fingerprint density at radius 1 is 1.39 bits per heavy atom. The van der Waals surface area contributed by atoms with Gasteiger partial charge >= 0.3 is 0 Å². The first-order valence-corrected chi connectivity index (χ1v) is 6.69. The van der Waals surface area contributed by atoms with Crippen molar-refractivity contribution in [3.05, 3.63) is 29.8 Å². The normalized spacial score (nSPS) is 17.4. The highest BCUT2D eigenvalue weighted by Crippen LogP contribution is 2.18. The van der Waals surface area contributed by atoms with Gasteiger partial charge in [-0.05, 0) is 44.4 Å². The summed E-state index contributed by atoms with van der Waals surface area (Å²) in [5.41, 5.74) is 1.14. The van der Waals surface area contributed by atoms with E-state index in [1.54, 1.807) is 6.92 Å². The van der Waals surface area contributed by atoms with E-state index in [-0.39, 0.29) is 5.91 Å². The quantitative estimate of drug-likeness (QED) is 0.888. The van der Waals surface area contributed by atoms with Crippen molar-refractivity contribution in [1.29, 1.82) is 0 Å². The second-order valence-electron chi connectivity index (χ2n) is 5.07. The average molecular weight is 247 g/mol. The minimum absolute atomic E-state index is 0.0107.